The summed E-state index contributed by atoms with van der Waals surface area (Å²) in [6.07, 6.45) is -0.854. The molecule has 2 aromatic carbocycles. The fourth-order valence-electron chi connectivity index (χ4n) is 2.31. The number of carbonyl (C=O) groups excluding carboxylic acids is 2. The minimum Gasteiger partial charge on any atom is -0.478 e. The summed E-state index contributed by atoms with van der Waals surface area (Å²) >= 11 is 0. The van der Waals surface area contributed by atoms with E-state index in [-0.39, 0.29) is 18.2 Å². The molecule has 1 aliphatic rings. The lowest BCUT2D eigenvalue weighted by atomic mass is 10.1. The van der Waals surface area contributed by atoms with Crippen LogP contribution in [0.25, 0.3) is 0 Å². The van der Waals surface area contributed by atoms with Gasteiger partial charge in [0.15, 0.2) is 6.10 Å². The van der Waals surface area contributed by atoms with Gasteiger partial charge >= 0.3 is 0 Å². The fourth-order valence-corrected chi connectivity index (χ4v) is 2.31. The van der Waals surface area contributed by atoms with Crippen LogP contribution in [0, 0.1) is 6.92 Å². The van der Waals surface area contributed by atoms with E-state index in [1.807, 2.05) is 43.3 Å². The van der Waals surface area contributed by atoms with Crippen LogP contribution >= 0.6 is 0 Å². The molecule has 0 unspecified atom stereocenters. The number of anilines is 2. The standard InChI is InChI=1S/C17H16N2O3/c1-11-6-2-3-7-12(11)18-16(20)10-15-17(21)19-13-8-4-5-9-14(13)22-15/h2-9,15H,10H2,1H3,(H,18,20)(H,19,21)/t15-/m1/s1. The van der Waals surface area contributed by atoms with Crippen LogP contribution in [0.1, 0.15) is 12.0 Å². The molecule has 0 saturated carbocycles. The molecular weight excluding hydrogens is 280 g/mol. The number of ether oxygens (including phenoxy) is 1. The van der Waals surface area contributed by atoms with E-state index in [0.717, 1.165) is 11.3 Å². The zero-order chi connectivity index (χ0) is 15.5. The van der Waals surface area contributed by atoms with Gasteiger partial charge in [-0.05, 0) is 30.7 Å². The Kier molecular flexibility index (Phi) is 3.78. The highest BCUT2D eigenvalue weighted by Crippen LogP contribution is 2.29. The quantitative estimate of drug-likeness (QED) is 0.915. The molecule has 2 N–H and O–H groups in total. The van der Waals surface area contributed by atoms with Gasteiger partial charge in [-0.25, -0.2) is 0 Å². The van der Waals surface area contributed by atoms with Crippen LogP contribution in [0.5, 0.6) is 5.75 Å². The summed E-state index contributed by atoms with van der Waals surface area (Å²) in [5.41, 5.74) is 2.34. The Morgan fingerprint density at radius 1 is 1.18 bits per heavy atom. The summed E-state index contributed by atoms with van der Waals surface area (Å²) in [4.78, 5) is 24.1. The monoisotopic (exact) mass is 296 g/mol. The molecule has 1 heterocycles. The summed E-state index contributed by atoms with van der Waals surface area (Å²) in [6, 6.07) is 14.6. The first-order valence-corrected chi connectivity index (χ1v) is 7.05. The molecule has 0 aliphatic carbocycles. The van der Waals surface area contributed by atoms with E-state index >= 15 is 0 Å². The Hall–Kier alpha value is -2.82. The Labute approximate surface area is 128 Å². The van der Waals surface area contributed by atoms with Crippen LogP contribution in [-0.4, -0.2) is 17.9 Å². The largest absolute Gasteiger partial charge is 0.478 e. The fraction of sp³-hybridized carbons (Fsp3) is 0.176. The maximum Gasteiger partial charge on any atom is 0.266 e. The number of carbonyl (C=O) groups is 2. The summed E-state index contributed by atoms with van der Waals surface area (Å²) in [5, 5.41) is 5.55. The number of hydrogen-bond acceptors (Lipinski definition) is 3. The number of rotatable bonds is 3. The van der Waals surface area contributed by atoms with E-state index in [1.54, 1.807) is 12.1 Å². The summed E-state index contributed by atoms with van der Waals surface area (Å²) < 4.78 is 5.61. The number of para-hydroxylation sites is 3. The van der Waals surface area contributed by atoms with Crippen LogP contribution in [0.3, 0.4) is 0 Å². The lowest BCUT2D eigenvalue weighted by Gasteiger charge is -2.25. The molecule has 112 valence electrons. The molecule has 0 saturated heterocycles. The third kappa shape index (κ3) is 2.93. The Balaban J connectivity index is 1.67. The molecule has 1 aliphatic heterocycles. The van der Waals surface area contributed by atoms with Crippen LogP contribution in [0.15, 0.2) is 48.5 Å². The molecule has 5 heteroatoms. The van der Waals surface area contributed by atoms with Gasteiger partial charge in [-0.3, -0.25) is 9.59 Å². The molecule has 0 radical (unpaired) electrons. The predicted molar refractivity (Wildman–Crippen MR) is 83.9 cm³/mol. The zero-order valence-electron chi connectivity index (χ0n) is 12.1. The van der Waals surface area contributed by atoms with Gasteiger partial charge in [0, 0.05) is 5.69 Å². The van der Waals surface area contributed by atoms with Gasteiger partial charge in [0.05, 0.1) is 12.1 Å². The van der Waals surface area contributed by atoms with E-state index in [0.29, 0.717) is 11.4 Å². The average Bonchev–Trinajstić information content (AvgIpc) is 2.50. The molecule has 0 spiro atoms. The number of nitrogens with one attached hydrogen (secondary N) is 2. The van der Waals surface area contributed by atoms with Gasteiger partial charge in [0.25, 0.3) is 5.91 Å². The SMILES string of the molecule is Cc1ccccc1NC(=O)C[C@H]1Oc2ccccc2NC1=O. The van der Waals surface area contributed by atoms with Crippen molar-refractivity contribution < 1.29 is 14.3 Å². The molecule has 2 amide bonds. The summed E-state index contributed by atoms with van der Waals surface area (Å²) in [5.74, 6) is 0.0169. The molecule has 0 aromatic heterocycles. The third-order valence-corrected chi connectivity index (χ3v) is 3.50. The first-order valence-electron chi connectivity index (χ1n) is 7.05. The molecule has 2 aromatic rings. The zero-order valence-corrected chi connectivity index (χ0v) is 12.1. The highest BCUT2D eigenvalue weighted by atomic mass is 16.5. The van der Waals surface area contributed by atoms with Crippen molar-refractivity contribution in [3.63, 3.8) is 0 Å². The second-order valence-electron chi connectivity index (χ2n) is 5.16. The van der Waals surface area contributed by atoms with Gasteiger partial charge < -0.3 is 15.4 Å². The maximum absolute atomic E-state index is 12.1. The normalized spacial score (nSPS) is 16.2. The number of aryl methyl sites for hydroxylation is 1. The first kappa shape index (κ1) is 14.1. The molecular formula is C17H16N2O3. The predicted octanol–water partition coefficient (Wildman–Crippen LogP) is 2.72. The lowest BCUT2D eigenvalue weighted by molar-refractivity contribution is -0.128. The third-order valence-electron chi connectivity index (χ3n) is 3.50. The highest BCUT2D eigenvalue weighted by molar-refractivity contribution is 6.02. The Morgan fingerprint density at radius 2 is 1.91 bits per heavy atom. The summed E-state index contributed by atoms with van der Waals surface area (Å²) in [6.45, 7) is 1.91. The Bertz CT molecular complexity index is 727. The van der Waals surface area contributed by atoms with Gasteiger partial charge in [0.2, 0.25) is 5.91 Å². The van der Waals surface area contributed by atoms with Gasteiger partial charge in [-0.15, -0.1) is 0 Å². The molecule has 1 atom stereocenters. The molecule has 5 nitrogen and oxygen atoms in total. The van der Waals surface area contributed by atoms with Crippen molar-refractivity contribution >= 4 is 23.2 Å². The van der Waals surface area contributed by atoms with E-state index in [9.17, 15) is 9.59 Å². The first-order chi connectivity index (χ1) is 10.6. The van der Waals surface area contributed by atoms with E-state index in [1.165, 1.54) is 0 Å². The van der Waals surface area contributed by atoms with Gasteiger partial charge in [-0.1, -0.05) is 30.3 Å². The van der Waals surface area contributed by atoms with Crippen LogP contribution in [0.4, 0.5) is 11.4 Å². The van der Waals surface area contributed by atoms with Gasteiger partial charge in [-0.2, -0.15) is 0 Å². The molecule has 22 heavy (non-hydrogen) atoms. The van der Waals surface area contributed by atoms with Crippen LogP contribution < -0.4 is 15.4 Å². The molecule has 3 rings (SSSR count). The minimum absolute atomic E-state index is 0.0332. The van der Waals surface area contributed by atoms with Gasteiger partial charge in [0.1, 0.15) is 5.75 Å². The van der Waals surface area contributed by atoms with Crippen molar-refractivity contribution in [1.82, 2.24) is 0 Å². The van der Waals surface area contributed by atoms with Crippen molar-refractivity contribution in [2.75, 3.05) is 10.6 Å². The van der Waals surface area contributed by atoms with E-state index in [2.05, 4.69) is 10.6 Å². The number of fused-ring (bicyclic) bond motifs is 1. The Morgan fingerprint density at radius 3 is 2.73 bits per heavy atom. The summed E-state index contributed by atoms with van der Waals surface area (Å²) in [7, 11) is 0. The van der Waals surface area contributed by atoms with E-state index < -0.39 is 6.10 Å². The van der Waals surface area contributed by atoms with Crippen molar-refractivity contribution in [1.29, 1.82) is 0 Å². The maximum atomic E-state index is 12.1. The second kappa shape index (κ2) is 5.89. The van der Waals surface area contributed by atoms with E-state index in [4.69, 9.17) is 4.74 Å². The van der Waals surface area contributed by atoms with Crippen molar-refractivity contribution in [2.24, 2.45) is 0 Å². The van der Waals surface area contributed by atoms with Crippen LogP contribution in [-0.2, 0) is 9.59 Å². The topological polar surface area (TPSA) is 67.4 Å². The second-order valence-corrected chi connectivity index (χ2v) is 5.16. The lowest BCUT2D eigenvalue weighted by Crippen LogP contribution is -2.39. The molecule has 0 bridgehead atoms. The molecule has 0 fully saturated rings. The smallest absolute Gasteiger partial charge is 0.266 e. The van der Waals surface area contributed by atoms with Crippen molar-refractivity contribution in [3.8, 4) is 5.75 Å². The minimum atomic E-state index is -0.820. The number of amides is 2. The van der Waals surface area contributed by atoms with Crippen LogP contribution in [0.2, 0.25) is 0 Å². The van der Waals surface area contributed by atoms with Crippen molar-refractivity contribution in [3.05, 3.63) is 54.1 Å². The average molecular weight is 296 g/mol. The number of hydrogen-bond donors (Lipinski definition) is 2. The highest BCUT2D eigenvalue weighted by Gasteiger charge is 2.29. The van der Waals surface area contributed by atoms with Crippen molar-refractivity contribution in [2.45, 2.75) is 19.4 Å². The number of benzene rings is 2.